The first-order valence-corrected chi connectivity index (χ1v) is 7.94. The molecule has 3 nitrogen and oxygen atoms in total. The summed E-state index contributed by atoms with van der Waals surface area (Å²) in [5, 5.41) is 3.52. The highest BCUT2D eigenvalue weighted by Crippen LogP contribution is 2.13. The smallest absolute Gasteiger partial charge is 0.0364 e. The molecule has 1 rings (SSSR count). The van der Waals surface area contributed by atoms with Gasteiger partial charge in [-0.25, -0.2) is 0 Å². The molecule has 0 atom stereocenters. The molecule has 3 heteroatoms. The first kappa shape index (κ1) is 17.0. The molecule has 0 bridgehead atoms. The van der Waals surface area contributed by atoms with Crippen molar-refractivity contribution in [3.05, 3.63) is 29.8 Å². The number of hydrogen-bond donors (Lipinski definition) is 1. The van der Waals surface area contributed by atoms with E-state index in [-0.39, 0.29) is 0 Å². The van der Waals surface area contributed by atoms with Gasteiger partial charge in [0, 0.05) is 38.9 Å². The Labute approximate surface area is 125 Å². The number of benzene rings is 1. The number of anilines is 1. The number of likely N-dealkylation sites (N-methyl/N-ethyl adjacent to an activating group) is 2. The molecule has 1 aromatic rings. The average molecular weight is 277 g/mol. The maximum absolute atomic E-state index is 3.52. The van der Waals surface area contributed by atoms with E-state index in [0.717, 1.165) is 45.7 Å². The molecule has 114 valence electrons. The van der Waals surface area contributed by atoms with Crippen LogP contribution in [-0.2, 0) is 6.42 Å². The molecule has 0 amide bonds. The summed E-state index contributed by atoms with van der Waals surface area (Å²) in [6, 6.07) is 8.88. The van der Waals surface area contributed by atoms with Gasteiger partial charge in [-0.3, -0.25) is 0 Å². The van der Waals surface area contributed by atoms with Crippen LogP contribution in [0.25, 0.3) is 0 Å². The fraction of sp³-hybridized carbons (Fsp3) is 0.647. The Morgan fingerprint density at radius 3 is 2.05 bits per heavy atom. The number of rotatable bonds is 10. The fourth-order valence-electron chi connectivity index (χ4n) is 2.26. The molecule has 0 aliphatic carbocycles. The van der Waals surface area contributed by atoms with Gasteiger partial charge in [-0.15, -0.1) is 0 Å². The van der Waals surface area contributed by atoms with E-state index in [9.17, 15) is 0 Å². The summed E-state index contributed by atoms with van der Waals surface area (Å²) in [6.07, 6.45) is 1.11. The summed E-state index contributed by atoms with van der Waals surface area (Å²) >= 11 is 0. The van der Waals surface area contributed by atoms with E-state index in [2.05, 4.69) is 67.2 Å². The van der Waals surface area contributed by atoms with Crippen molar-refractivity contribution in [3.8, 4) is 0 Å². The van der Waals surface area contributed by atoms with Crippen LogP contribution in [0.1, 0.15) is 26.3 Å². The normalized spacial score (nSPS) is 11.1. The van der Waals surface area contributed by atoms with E-state index >= 15 is 0 Å². The molecular formula is C17H31N3. The van der Waals surface area contributed by atoms with Crippen molar-refractivity contribution in [1.82, 2.24) is 10.2 Å². The zero-order chi connectivity index (χ0) is 14.8. The molecule has 0 radical (unpaired) electrons. The van der Waals surface area contributed by atoms with Gasteiger partial charge in [0.15, 0.2) is 0 Å². The van der Waals surface area contributed by atoms with Gasteiger partial charge in [-0.1, -0.05) is 32.9 Å². The molecule has 0 saturated heterocycles. The van der Waals surface area contributed by atoms with Gasteiger partial charge in [0.2, 0.25) is 0 Å². The molecule has 20 heavy (non-hydrogen) atoms. The van der Waals surface area contributed by atoms with Crippen LogP contribution >= 0.6 is 0 Å². The summed E-state index contributed by atoms with van der Waals surface area (Å²) < 4.78 is 0. The lowest BCUT2D eigenvalue weighted by molar-refractivity contribution is 0.303. The average Bonchev–Trinajstić information content (AvgIpc) is 2.50. The van der Waals surface area contributed by atoms with Crippen LogP contribution in [0.2, 0.25) is 0 Å². The van der Waals surface area contributed by atoms with Crippen molar-refractivity contribution in [2.75, 3.05) is 51.2 Å². The van der Waals surface area contributed by atoms with Gasteiger partial charge in [0.25, 0.3) is 0 Å². The highest BCUT2D eigenvalue weighted by atomic mass is 15.1. The minimum atomic E-state index is 1.04. The predicted octanol–water partition coefficient (Wildman–Crippen LogP) is 2.62. The Bertz CT molecular complexity index is 344. The van der Waals surface area contributed by atoms with Crippen LogP contribution in [0, 0.1) is 0 Å². The first-order valence-electron chi connectivity index (χ1n) is 7.94. The van der Waals surface area contributed by atoms with Crippen molar-refractivity contribution in [1.29, 1.82) is 0 Å². The third kappa shape index (κ3) is 5.93. The Morgan fingerprint density at radius 2 is 1.50 bits per heavy atom. The standard InChI is InChI=1S/C17H31N3/c1-5-16-8-10-17(11-9-16)19(4)14-12-18-13-15-20(6-2)7-3/h8-11,18H,5-7,12-15H2,1-4H3. The molecule has 1 N–H and O–H groups in total. The fourth-order valence-corrected chi connectivity index (χ4v) is 2.26. The molecule has 0 aliphatic rings. The molecule has 0 saturated carbocycles. The van der Waals surface area contributed by atoms with Gasteiger partial charge in [-0.2, -0.15) is 0 Å². The zero-order valence-corrected chi connectivity index (χ0v) is 13.7. The summed E-state index contributed by atoms with van der Waals surface area (Å²) in [5.74, 6) is 0. The van der Waals surface area contributed by atoms with Crippen LogP contribution in [0.4, 0.5) is 5.69 Å². The largest absolute Gasteiger partial charge is 0.373 e. The predicted molar refractivity (Wildman–Crippen MR) is 89.7 cm³/mol. The Balaban J connectivity index is 2.20. The van der Waals surface area contributed by atoms with E-state index in [1.807, 2.05) is 0 Å². The van der Waals surface area contributed by atoms with Crippen LogP contribution in [-0.4, -0.2) is 51.2 Å². The Hall–Kier alpha value is -1.06. The summed E-state index contributed by atoms with van der Waals surface area (Å²) in [6.45, 7) is 13.2. The number of aryl methyl sites for hydroxylation is 1. The third-order valence-corrected chi connectivity index (χ3v) is 3.91. The van der Waals surface area contributed by atoms with Gasteiger partial charge >= 0.3 is 0 Å². The highest BCUT2D eigenvalue weighted by molar-refractivity contribution is 5.46. The van der Waals surface area contributed by atoms with E-state index < -0.39 is 0 Å². The Kier molecular flexibility index (Phi) is 8.31. The first-order chi connectivity index (χ1) is 9.71. The van der Waals surface area contributed by atoms with E-state index in [4.69, 9.17) is 0 Å². The lowest BCUT2D eigenvalue weighted by atomic mass is 10.1. The van der Waals surface area contributed by atoms with Gasteiger partial charge < -0.3 is 15.1 Å². The van der Waals surface area contributed by atoms with E-state index in [1.165, 1.54) is 11.3 Å². The minimum Gasteiger partial charge on any atom is -0.373 e. The molecule has 1 aromatic carbocycles. The molecule has 0 aromatic heterocycles. The maximum atomic E-state index is 3.52. The number of nitrogens with one attached hydrogen (secondary N) is 1. The molecule has 0 spiro atoms. The van der Waals surface area contributed by atoms with E-state index in [0.29, 0.717) is 0 Å². The second-order valence-electron chi connectivity index (χ2n) is 5.22. The molecule has 0 heterocycles. The van der Waals surface area contributed by atoms with Crippen molar-refractivity contribution in [3.63, 3.8) is 0 Å². The monoisotopic (exact) mass is 277 g/mol. The molecular weight excluding hydrogens is 246 g/mol. The third-order valence-electron chi connectivity index (χ3n) is 3.91. The lowest BCUT2D eigenvalue weighted by Gasteiger charge is -2.21. The zero-order valence-electron chi connectivity index (χ0n) is 13.7. The Morgan fingerprint density at radius 1 is 0.900 bits per heavy atom. The summed E-state index contributed by atoms with van der Waals surface area (Å²) in [5.41, 5.74) is 2.70. The van der Waals surface area contributed by atoms with Crippen molar-refractivity contribution in [2.24, 2.45) is 0 Å². The van der Waals surface area contributed by atoms with Crippen molar-refractivity contribution in [2.45, 2.75) is 27.2 Å². The second-order valence-corrected chi connectivity index (χ2v) is 5.22. The van der Waals surface area contributed by atoms with Crippen LogP contribution in [0.15, 0.2) is 24.3 Å². The summed E-state index contributed by atoms with van der Waals surface area (Å²) in [4.78, 5) is 4.75. The molecule has 0 unspecified atom stereocenters. The topological polar surface area (TPSA) is 18.5 Å². The van der Waals surface area contributed by atoms with E-state index in [1.54, 1.807) is 0 Å². The van der Waals surface area contributed by atoms with Gasteiger partial charge in [0.1, 0.15) is 0 Å². The SMILES string of the molecule is CCc1ccc(N(C)CCNCCN(CC)CC)cc1. The maximum Gasteiger partial charge on any atom is 0.0364 e. The van der Waals surface area contributed by atoms with Crippen LogP contribution in [0.5, 0.6) is 0 Å². The minimum absolute atomic E-state index is 1.04. The lowest BCUT2D eigenvalue weighted by Crippen LogP contribution is -2.35. The number of nitrogens with zero attached hydrogens (tertiary/aromatic N) is 2. The van der Waals surface area contributed by atoms with Crippen LogP contribution in [0.3, 0.4) is 0 Å². The quantitative estimate of drug-likeness (QED) is 0.663. The van der Waals surface area contributed by atoms with Crippen LogP contribution < -0.4 is 10.2 Å². The highest BCUT2D eigenvalue weighted by Gasteiger charge is 2.01. The second kappa shape index (κ2) is 9.78. The molecule has 0 fully saturated rings. The van der Waals surface area contributed by atoms with Crippen molar-refractivity contribution < 1.29 is 0 Å². The van der Waals surface area contributed by atoms with Crippen molar-refractivity contribution >= 4 is 5.69 Å². The van der Waals surface area contributed by atoms with Gasteiger partial charge in [-0.05, 0) is 37.2 Å². The summed E-state index contributed by atoms with van der Waals surface area (Å²) in [7, 11) is 2.16. The number of hydrogen-bond acceptors (Lipinski definition) is 3. The van der Waals surface area contributed by atoms with Gasteiger partial charge in [0.05, 0.1) is 0 Å². The molecule has 0 aliphatic heterocycles.